The van der Waals surface area contributed by atoms with Gasteiger partial charge >= 0.3 is 5.97 Å². The van der Waals surface area contributed by atoms with Crippen LogP contribution in [0.3, 0.4) is 0 Å². The number of carbonyl (C=O) groups excluding carboxylic acids is 1. The summed E-state index contributed by atoms with van der Waals surface area (Å²) in [4.78, 5) is 11.7. The van der Waals surface area contributed by atoms with Crippen LogP contribution in [0.25, 0.3) is 0 Å². The van der Waals surface area contributed by atoms with Crippen molar-refractivity contribution in [1.82, 2.24) is 0 Å². The van der Waals surface area contributed by atoms with Gasteiger partial charge in [0.05, 0.1) is 19.8 Å². The third kappa shape index (κ3) is 29.4. The SMILES string of the molecule is CCCCCCCCCCCCCCCCCCOC(=O)CCCOCCOCCC(C)C. The molecule has 0 aliphatic rings. The minimum Gasteiger partial charge on any atom is -0.466 e. The Hall–Kier alpha value is -0.610. The molecule has 0 aliphatic heterocycles. The van der Waals surface area contributed by atoms with E-state index in [9.17, 15) is 4.79 Å². The summed E-state index contributed by atoms with van der Waals surface area (Å²) in [5.74, 6) is 0.587. The second-order valence-electron chi connectivity index (χ2n) is 10.0. The lowest BCUT2D eigenvalue weighted by molar-refractivity contribution is -0.144. The summed E-state index contributed by atoms with van der Waals surface area (Å²) in [6, 6.07) is 0. The number of esters is 1. The molecule has 0 N–H and O–H groups in total. The Morgan fingerprint density at radius 1 is 0.545 bits per heavy atom. The van der Waals surface area contributed by atoms with Crippen molar-refractivity contribution >= 4 is 5.97 Å². The fraction of sp³-hybridized carbons (Fsp3) is 0.966. The minimum absolute atomic E-state index is 0.0901. The number of carbonyl (C=O) groups is 1. The first-order valence-electron chi connectivity index (χ1n) is 14.5. The number of rotatable bonds is 27. The van der Waals surface area contributed by atoms with Gasteiger partial charge in [0.15, 0.2) is 0 Å². The van der Waals surface area contributed by atoms with E-state index >= 15 is 0 Å². The molecule has 0 aromatic rings. The summed E-state index contributed by atoms with van der Waals surface area (Å²) >= 11 is 0. The van der Waals surface area contributed by atoms with Crippen molar-refractivity contribution in [3.63, 3.8) is 0 Å². The van der Waals surface area contributed by atoms with Crippen LogP contribution in [0.4, 0.5) is 0 Å². The van der Waals surface area contributed by atoms with Crippen LogP contribution >= 0.6 is 0 Å². The standard InChI is InChI=1S/C29H58O4/c1-4-5-6-7-8-9-10-11-12-13-14-15-16-17-18-19-24-33-29(30)21-20-23-31-26-27-32-25-22-28(2)3/h28H,4-27H2,1-3H3. The van der Waals surface area contributed by atoms with Crippen LogP contribution in [-0.4, -0.2) is 39.0 Å². The van der Waals surface area contributed by atoms with Crippen LogP contribution in [0.5, 0.6) is 0 Å². The first-order chi connectivity index (χ1) is 16.2. The highest BCUT2D eigenvalue weighted by atomic mass is 16.5. The molecule has 198 valence electrons. The van der Waals surface area contributed by atoms with Crippen molar-refractivity contribution in [1.29, 1.82) is 0 Å². The molecule has 0 saturated heterocycles. The molecular formula is C29H58O4. The largest absolute Gasteiger partial charge is 0.466 e. The predicted molar refractivity (Wildman–Crippen MR) is 141 cm³/mol. The zero-order chi connectivity index (χ0) is 24.2. The van der Waals surface area contributed by atoms with Crippen molar-refractivity contribution in [2.45, 2.75) is 143 Å². The maximum Gasteiger partial charge on any atom is 0.305 e. The molecule has 0 aliphatic carbocycles. The molecule has 0 saturated carbocycles. The fourth-order valence-corrected chi connectivity index (χ4v) is 3.87. The van der Waals surface area contributed by atoms with Gasteiger partial charge in [0.2, 0.25) is 0 Å². The molecule has 33 heavy (non-hydrogen) atoms. The van der Waals surface area contributed by atoms with Crippen LogP contribution in [-0.2, 0) is 19.0 Å². The minimum atomic E-state index is -0.0901. The topological polar surface area (TPSA) is 44.8 Å². The maximum absolute atomic E-state index is 11.7. The normalized spacial score (nSPS) is 11.4. The monoisotopic (exact) mass is 470 g/mol. The molecule has 0 radical (unpaired) electrons. The summed E-state index contributed by atoms with van der Waals surface area (Å²) in [6.45, 7) is 9.88. The number of hydrogen-bond donors (Lipinski definition) is 0. The molecule has 0 amide bonds. The Bertz CT molecular complexity index is 384. The number of unbranched alkanes of at least 4 members (excludes halogenated alkanes) is 15. The molecule has 4 heteroatoms. The van der Waals surface area contributed by atoms with Gasteiger partial charge in [-0.1, -0.05) is 117 Å². The zero-order valence-electron chi connectivity index (χ0n) is 22.7. The van der Waals surface area contributed by atoms with Gasteiger partial charge in [-0.25, -0.2) is 0 Å². The van der Waals surface area contributed by atoms with Gasteiger partial charge in [0.25, 0.3) is 0 Å². The van der Waals surface area contributed by atoms with E-state index < -0.39 is 0 Å². The third-order valence-electron chi connectivity index (χ3n) is 6.14. The zero-order valence-corrected chi connectivity index (χ0v) is 22.7. The predicted octanol–water partition coefficient (Wildman–Crippen LogP) is 8.65. The summed E-state index contributed by atoms with van der Waals surface area (Å²) in [7, 11) is 0. The number of ether oxygens (including phenoxy) is 3. The van der Waals surface area contributed by atoms with E-state index in [2.05, 4.69) is 20.8 Å². The lowest BCUT2D eigenvalue weighted by Gasteiger charge is -2.07. The third-order valence-corrected chi connectivity index (χ3v) is 6.14. The molecule has 4 nitrogen and oxygen atoms in total. The lowest BCUT2D eigenvalue weighted by atomic mass is 10.0. The summed E-state index contributed by atoms with van der Waals surface area (Å²) in [6.07, 6.45) is 24.0. The molecule has 0 rings (SSSR count). The molecule has 0 fully saturated rings. The highest BCUT2D eigenvalue weighted by Gasteiger charge is 2.03. The number of hydrogen-bond acceptors (Lipinski definition) is 4. The highest BCUT2D eigenvalue weighted by Crippen LogP contribution is 2.13. The van der Waals surface area contributed by atoms with Gasteiger partial charge in [-0.05, 0) is 25.2 Å². The lowest BCUT2D eigenvalue weighted by Crippen LogP contribution is -2.10. The average Bonchev–Trinajstić information content (AvgIpc) is 2.79. The molecule has 0 atom stereocenters. The quantitative estimate of drug-likeness (QED) is 0.0890. The molecule has 0 spiro atoms. The second kappa shape index (κ2) is 27.6. The smallest absolute Gasteiger partial charge is 0.305 e. The molecule has 0 unspecified atom stereocenters. The van der Waals surface area contributed by atoms with Crippen LogP contribution in [0.15, 0.2) is 0 Å². The Labute approximate surface area is 206 Å². The van der Waals surface area contributed by atoms with Crippen molar-refractivity contribution in [3.05, 3.63) is 0 Å². The Balaban J connectivity index is 3.14. The van der Waals surface area contributed by atoms with Crippen LogP contribution in [0.1, 0.15) is 143 Å². The van der Waals surface area contributed by atoms with Gasteiger partial charge in [-0.3, -0.25) is 4.79 Å². The van der Waals surface area contributed by atoms with Crippen molar-refractivity contribution in [2.75, 3.05) is 33.0 Å². The summed E-state index contributed by atoms with van der Waals surface area (Å²) in [5.41, 5.74) is 0. The van der Waals surface area contributed by atoms with Gasteiger partial charge in [0, 0.05) is 19.6 Å². The Morgan fingerprint density at radius 3 is 1.48 bits per heavy atom. The first-order valence-corrected chi connectivity index (χ1v) is 14.5. The van der Waals surface area contributed by atoms with E-state index in [-0.39, 0.29) is 5.97 Å². The van der Waals surface area contributed by atoms with Crippen molar-refractivity contribution in [3.8, 4) is 0 Å². The Kier molecular flexibility index (Phi) is 27.1. The van der Waals surface area contributed by atoms with Crippen molar-refractivity contribution < 1.29 is 19.0 Å². The molecular weight excluding hydrogens is 412 g/mol. The molecule has 0 aromatic heterocycles. The van der Waals surface area contributed by atoms with E-state index in [0.717, 1.165) is 25.9 Å². The highest BCUT2D eigenvalue weighted by molar-refractivity contribution is 5.69. The van der Waals surface area contributed by atoms with E-state index in [0.29, 0.717) is 38.8 Å². The average molecular weight is 471 g/mol. The summed E-state index contributed by atoms with van der Waals surface area (Å²) in [5, 5.41) is 0. The fourth-order valence-electron chi connectivity index (χ4n) is 3.87. The van der Waals surface area contributed by atoms with E-state index in [1.807, 2.05) is 0 Å². The molecule has 0 bridgehead atoms. The Morgan fingerprint density at radius 2 is 1.00 bits per heavy atom. The molecule has 0 aromatic carbocycles. The van der Waals surface area contributed by atoms with Crippen LogP contribution in [0.2, 0.25) is 0 Å². The van der Waals surface area contributed by atoms with Gasteiger partial charge in [-0.2, -0.15) is 0 Å². The maximum atomic E-state index is 11.7. The van der Waals surface area contributed by atoms with E-state index in [4.69, 9.17) is 14.2 Å². The second-order valence-corrected chi connectivity index (χ2v) is 10.0. The van der Waals surface area contributed by atoms with Gasteiger partial charge in [0.1, 0.15) is 0 Å². The van der Waals surface area contributed by atoms with Gasteiger partial charge in [-0.15, -0.1) is 0 Å². The summed E-state index contributed by atoms with van der Waals surface area (Å²) < 4.78 is 16.3. The van der Waals surface area contributed by atoms with Crippen LogP contribution in [0, 0.1) is 5.92 Å². The van der Waals surface area contributed by atoms with Gasteiger partial charge < -0.3 is 14.2 Å². The van der Waals surface area contributed by atoms with E-state index in [1.165, 1.54) is 96.3 Å². The molecule has 0 heterocycles. The van der Waals surface area contributed by atoms with Crippen molar-refractivity contribution in [2.24, 2.45) is 5.92 Å². The van der Waals surface area contributed by atoms with E-state index in [1.54, 1.807) is 0 Å². The van der Waals surface area contributed by atoms with Crippen LogP contribution < -0.4 is 0 Å². The first kappa shape index (κ1) is 32.4.